The molecule has 2 amide bonds. The fraction of sp³-hybridized carbons (Fsp3) is 0.636. The first kappa shape index (κ1) is 13.3. The molecule has 1 saturated heterocycles. The van der Waals surface area contributed by atoms with Gasteiger partial charge in [0.05, 0.1) is 12.2 Å². The Bertz CT molecular complexity index is 497. The van der Waals surface area contributed by atoms with Gasteiger partial charge in [-0.25, -0.2) is 14.3 Å². The number of hydrogen-bond donors (Lipinski definition) is 2. The highest BCUT2D eigenvalue weighted by atomic mass is 16.4. The Kier molecular flexibility index (Phi) is 3.68. The number of carbonyl (C=O) groups is 2. The number of amides is 2. The van der Waals surface area contributed by atoms with Crippen LogP contribution in [0.5, 0.6) is 0 Å². The van der Waals surface area contributed by atoms with Gasteiger partial charge in [0.1, 0.15) is 0 Å². The number of urea groups is 1. The van der Waals surface area contributed by atoms with Crippen LogP contribution in [-0.2, 0) is 6.54 Å². The number of aromatic nitrogens is 3. The Morgan fingerprint density at radius 3 is 2.74 bits per heavy atom. The van der Waals surface area contributed by atoms with Crippen LogP contribution in [0.4, 0.5) is 4.79 Å². The van der Waals surface area contributed by atoms with Crippen molar-refractivity contribution in [1.29, 1.82) is 0 Å². The van der Waals surface area contributed by atoms with E-state index >= 15 is 0 Å². The number of hydrogen-bond acceptors (Lipinski definition) is 4. The Labute approximate surface area is 110 Å². The highest BCUT2D eigenvalue weighted by Gasteiger charge is 2.23. The van der Waals surface area contributed by atoms with E-state index in [0.29, 0.717) is 31.9 Å². The van der Waals surface area contributed by atoms with Crippen molar-refractivity contribution in [2.75, 3.05) is 19.6 Å². The molecule has 0 saturated carbocycles. The maximum atomic E-state index is 11.4. The van der Waals surface area contributed by atoms with Crippen molar-refractivity contribution in [1.82, 2.24) is 25.2 Å². The van der Waals surface area contributed by atoms with Gasteiger partial charge in [-0.2, -0.15) is 0 Å². The van der Waals surface area contributed by atoms with Crippen LogP contribution in [-0.4, -0.2) is 56.6 Å². The van der Waals surface area contributed by atoms with Gasteiger partial charge < -0.3 is 15.3 Å². The van der Waals surface area contributed by atoms with Crippen LogP contribution in [0.1, 0.15) is 35.9 Å². The lowest BCUT2D eigenvalue weighted by Gasteiger charge is -2.15. The molecule has 0 spiro atoms. The van der Waals surface area contributed by atoms with E-state index in [1.807, 2.05) is 13.8 Å². The minimum Gasteiger partial charge on any atom is -0.476 e. The number of nitrogens with zero attached hydrogens (tertiary/aromatic N) is 4. The lowest BCUT2D eigenvalue weighted by atomic mass is 10.1. The van der Waals surface area contributed by atoms with E-state index in [1.165, 1.54) is 0 Å². The number of rotatable bonds is 5. The summed E-state index contributed by atoms with van der Waals surface area (Å²) >= 11 is 0. The van der Waals surface area contributed by atoms with Crippen molar-refractivity contribution in [3.05, 3.63) is 11.4 Å². The van der Waals surface area contributed by atoms with Crippen LogP contribution in [0.2, 0.25) is 0 Å². The second-order valence-electron chi connectivity index (χ2n) is 4.73. The van der Waals surface area contributed by atoms with E-state index in [4.69, 9.17) is 5.11 Å². The highest BCUT2D eigenvalue weighted by Crippen LogP contribution is 2.17. The van der Waals surface area contributed by atoms with Crippen molar-refractivity contribution < 1.29 is 14.7 Å². The SMILES string of the molecule is CC(C)c1c(C(=O)O)nnn1CCN1CCNC1=O. The molecule has 0 atom stereocenters. The molecule has 1 fully saturated rings. The number of nitrogens with one attached hydrogen (secondary N) is 1. The monoisotopic (exact) mass is 267 g/mol. The summed E-state index contributed by atoms with van der Waals surface area (Å²) < 4.78 is 1.57. The molecule has 1 aromatic heterocycles. The van der Waals surface area contributed by atoms with Gasteiger partial charge in [-0.05, 0) is 5.92 Å². The molecule has 0 radical (unpaired) electrons. The van der Waals surface area contributed by atoms with Crippen molar-refractivity contribution in [2.24, 2.45) is 0 Å². The second kappa shape index (κ2) is 5.25. The van der Waals surface area contributed by atoms with Crippen LogP contribution < -0.4 is 5.32 Å². The quantitative estimate of drug-likeness (QED) is 0.789. The number of aromatic carboxylic acids is 1. The smallest absolute Gasteiger partial charge is 0.358 e. The predicted octanol–water partition coefficient (Wildman–Crippen LogP) is 0.125. The van der Waals surface area contributed by atoms with Crippen LogP contribution in [0.15, 0.2) is 0 Å². The molecule has 0 unspecified atom stereocenters. The zero-order valence-corrected chi connectivity index (χ0v) is 11.0. The summed E-state index contributed by atoms with van der Waals surface area (Å²) in [6.45, 7) is 6.04. The van der Waals surface area contributed by atoms with Crippen LogP contribution in [0.3, 0.4) is 0 Å². The number of carboxylic acids is 1. The lowest BCUT2D eigenvalue weighted by molar-refractivity contribution is 0.0688. The number of carbonyl (C=O) groups excluding carboxylic acids is 1. The zero-order chi connectivity index (χ0) is 14.0. The van der Waals surface area contributed by atoms with E-state index in [-0.39, 0.29) is 17.6 Å². The fourth-order valence-electron chi connectivity index (χ4n) is 2.15. The molecular weight excluding hydrogens is 250 g/mol. The molecule has 1 aliphatic rings. The van der Waals surface area contributed by atoms with Crippen LogP contribution >= 0.6 is 0 Å². The van der Waals surface area contributed by atoms with Crippen molar-refractivity contribution in [3.63, 3.8) is 0 Å². The maximum absolute atomic E-state index is 11.4. The minimum atomic E-state index is -1.08. The molecule has 2 rings (SSSR count). The first-order chi connectivity index (χ1) is 9.00. The molecule has 0 bridgehead atoms. The largest absolute Gasteiger partial charge is 0.476 e. The van der Waals surface area contributed by atoms with Gasteiger partial charge in [-0.15, -0.1) is 5.10 Å². The minimum absolute atomic E-state index is 0.00787. The summed E-state index contributed by atoms with van der Waals surface area (Å²) in [7, 11) is 0. The summed E-state index contributed by atoms with van der Waals surface area (Å²) in [6, 6.07) is -0.0929. The molecular formula is C11H17N5O3. The van der Waals surface area contributed by atoms with E-state index in [2.05, 4.69) is 15.6 Å². The molecule has 0 aliphatic carbocycles. The van der Waals surface area contributed by atoms with Gasteiger partial charge >= 0.3 is 12.0 Å². The van der Waals surface area contributed by atoms with Gasteiger partial charge in [0.25, 0.3) is 0 Å². The van der Waals surface area contributed by atoms with Crippen molar-refractivity contribution >= 4 is 12.0 Å². The summed E-state index contributed by atoms with van der Waals surface area (Å²) in [6.07, 6.45) is 0. The van der Waals surface area contributed by atoms with E-state index < -0.39 is 5.97 Å². The zero-order valence-electron chi connectivity index (χ0n) is 11.0. The van der Waals surface area contributed by atoms with Gasteiger partial charge in [0.15, 0.2) is 5.69 Å². The average Bonchev–Trinajstić information content (AvgIpc) is 2.92. The summed E-state index contributed by atoms with van der Waals surface area (Å²) in [5.41, 5.74) is 0.577. The molecule has 1 aliphatic heterocycles. The van der Waals surface area contributed by atoms with Gasteiger partial charge in [-0.1, -0.05) is 19.1 Å². The van der Waals surface area contributed by atoms with E-state index in [0.717, 1.165) is 0 Å². The Balaban J connectivity index is 2.11. The third kappa shape index (κ3) is 2.67. The van der Waals surface area contributed by atoms with E-state index in [9.17, 15) is 9.59 Å². The first-order valence-corrected chi connectivity index (χ1v) is 6.20. The average molecular weight is 267 g/mol. The van der Waals surface area contributed by atoms with E-state index in [1.54, 1.807) is 9.58 Å². The van der Waals surface area contributed by atoms with Crippen LogP contribution in [0.25, 0.3) is 0 Å². The summed E-state index contributed by atoms with van der Waals surface area (Å²) in [4.78, 5) is 24.1. The third-order valence-corrected chi connectivity index (χ3v) is 3.05. The van der Waals surface area contributed by atoms with Gasteiger partial charge in [0.2, 0.25) is 0 Å². The van der Waals surface area contributed by atoms with Crippen LogP contribution in [0, 0.1) is 0 Å². The summed E-state index contributed by atoms with van der Waals surface area (Å²) in [5, 5.41) is 19.3. The molecule has 8 heteroatoms. The molecule has 104 valence electrons. The Morgan fingerprint density at radius 1 is 1.47 bits per heavy atom. The second-order valence-corrected chi connectivity index (χ2v) is 4.73. The maximum Gasteiger partial charge on any atom is 0.358 e. The molecule has 8 nitrogen and oxygen atoms in total. The topological polar surface area (TPSA) is 100 Å². The normalized spacial score (nSPS) is 15.1. The molecule has 2 N–H and O–H groups in total. The predicted molar refractivity (Wildman–Crippen MR) is 66.0 cm³/mol. The molecule has 2 heterocycles. The van der Waals surface area contributed by atoms with Crippen molar-refractivity contribution in [2.45, 2.75) is 26.3 Å². The van der Waals surface area contributed by atoms with Gasteiger partial charge in [0, 0.05) is 19.6 Å². The van der Waals surface area contributed by atoms with Crippen molar-refractivity contribution in [3.8, 4) is 0 Å². The molecule has 1 aromatic rings. The molecule has 19 heavy (non-hydrogen) atoms. The van der Waals surface area contributed by atoms with Gasteiger partial charge in [-0.3, -0.25) is 0 Å². The highest BCUT2D eigenvalue weighted by molar-refractivity contribution is 5.86. The lowest BCUT2D eigenvalue weighted by Crippen LogP contribution is -2.31. The molecule has 0 aromatic carbocycles. The Hall–Kier alpha value is -2.12. The number of carboxylic acid groups (broad SMARTS) is 1. The standard InChI is InChI=1S/C11H17N5O3/c1-7(2)9-8(10(17)18)13-14-16(9)6-5-15-4-3-12-11(15)19/h7H,3-6H2,1-2H3,(H,12,19)(H,17,18). The summed E-state index contributed by atoms with van der Waals surface area (Å²) in [5.74, 6) is -1.07. The first-order valence-electron chi connectivity index (χ1n) is 6.20. The third-order valence-electron chi connectivity index (χ3n) is 3.05. The Morgan fingerprint density at radius 2 is 2.21 bits per heavy atom. The fourth-order valence-corrected chi connectivity index (χ4v) is 2.15.